The zero-order valence-corrected chi connectivity index (χ0v) is 15.8. The second-order valence-corrected chi connectivity index (χ2v) is 8.12. The van der Waals surface area contributed by atoms with Gasteiger partial charge in [-0.25, -0.2) is 16.8 Å². The number of allylic oxidation sites excluding steroid dienone is 2. The second kappa shape index (κ2) is 6.38. The molecule has 0 radical (unpaired) electrons. The van der Waals surface area contributed by atoms with Gasteiger partial charge in [0, 0.05) is 36.4 Å². The Hall–Kier alpha value is -2.87. The third-order valence-electron chi connectivity index (χ3n) is 4.63. The summed E-state index contributed by atoms with van der Waals surface area (Å²) in [6, 6.07) is 4.14. The first kappa shape index (κ1) is 17.5. The van der Waals surface area contributed by atoms with Gasteiger partial charge in [0.1, 0.15) is 10.7 Å². The third-order valence-corrected chi connectivity index (χ3v) is 6.40. The zero-order chi connectivity index (χ0) is 19.2. The number of hydrogen-bond acceptors (Lipinski definition) is 4. The molecule has 27 heavy (non-hydrogen) atoms. The number of hydrogen-bond donors (Lipinski definition) is 1. The van der Waals surface area contributed by atoms with Crippen molar-refractivity contribution in [2.45, 2.75) is 25.3 Å². The summed E-state index contributed by atoms with van der Waals surface area (Å²) in [5.41, 5.74) is 2.39. The molecule has 0 unspecified atom stereocenters. The molecule has 0 aliphatic carbocycles. The van der Waals surface area contributed by atoms with Gasteiger partial charge in [-0.1, -0.05) is 6.08 Å². The highest BCUT2D eigenvalue weighted by molar-refractivity contribution is 7.90. The zero-order valence-electron chi connectivity index (χ0n) is 15.0. The standard InChI is InChI=1S/C19H19FN4O2S/c1-3-23-12-19(13(2)22-23)27(25,26)24-11-17(14-6-8-21-9-7-14)16-10-15(20)4-5-18(16)24/h4-8,10-12,21H,3,9H2,1-2H3. The molecule has 3 aromatic rings. The van der Waals surface area contributed by atoms with Gasteiger partial charge in [-0.15, -0.1) is 0 Å². The molecule has 0 bridgehead atoms. The van der Waals surface area contributed by atoms with Gasteiger partial charge >= 0.3 is 0 Å². The van der Waals surface area contributed by atoms with Crippen LogP contribution in [0.3, 0.4) is 0 Å². The molecular weight excluding hydrogens is 367 g/mol. The lowest BCUT2D eigenvalue weighted by Crippen LogP contribution is -2.12. The lowest BCUT2D eigenvalue weighted by atomic mass is 10.0. The van der Waals surface area contributed by atoms with Crippen LogP contribution >= 0.6 is 0 Å². The fourth-order valence-corrected chi connectivity index (χ4v) is 4.82. The molecule has 140 valence electrons. The van der Waals surface area contributed by atoms with Gasteiger partial charge in [0.2, 0.25) is 0 Å². The van der Waals surface area contributed by atoms with Gasteiger partial charge in [0.25, 0.3) is 10.0 Å². The summed E-state index contributed by atoms with van der Waals surface area (Å²) in [4.78, 5) is 0.145. The lowest BCUT2D eigenvalue weighted by Gasteiger charge is -2.07. The van der Waals surface area contributed by atoms with Gasteiger partial charge in [0.05, 0.1) is 11.2 Å². The topological polar surface area (TPSA) is 68.9 Å². The van der Waals surface area contributed by atoms with E-state index in [1.807, 2.05) is 19.1 Å². The average Bonchev–Trinajstić information content (AvgIpc) is 3.23. The number of nitrogens with one attached hydrogen (secondary N) is 1. The maximum Gasteiger partial charge on any atom is 0.271 e. The van der Waals surface area contributed by atoms with Crippen molar-refractivity contribution in [2.24, 2.45) is 0 Å². The van der Waals surface area contributed by atoms with Gasteiger partial charge in [-0.3, -0.25) is 4.68 Å². The summed E-state index contributed by atoms with van der Waals surface area (Å²) >= 11 is 0. The molecule has 0 spiro atoms. The summed E-state index contributed by atoms with van der Waals surface area (Å²) in [6.07, 6.45) is 8.67. The Balaban J connectivity index is 1.98. The molecule has 1 N–H and O–H groups in total. The van der Waals surface area contributed by atoms with Crippen molar-refractivity contribution >= 4 is 26.5 Å². The Morgan fingerprint density at radius 3 is 2.78 bits per heavy atom. The van der Waals surface area contributed by atoms with Crippen LogP contribution in [0, 0.1) is 12.7 Å². The molecule has 1 aromatic carbocycles. The first-order chi connectivity index (χ1) is 12.9. The monoisotopic (exact) mass is 386 g/mol. The second-order valence-electron chi connectivity index (χ2n) is 6.34. The molecule has 1 aliphatic rings. The van der Waals surface area contributed by atoms with Crippen molar-refractivity contribution < 1.29 is 12.8 Å². The number of aromatic nitrogens is 3. The van der Waals surface area contributed by atoms with Crippen molar-refractivity contribution in [3.63, 3.8) is 0 Å². The van der Waals surface area contributed by atoms with E-state index in [1.54, 1.807) is 24.0 Å². The predicted molar refractivity (Wildman–Crippen MR) is 102 cm³/mol. The number of rotatable bonds is 4. The van der Waals surface area contributed by atoms with E-state index in [1.165, 1.54) is 28.4 Å². The Morgan fingerprint density at radius 1 is 1.30 bits per heavy atom. The van der Waals surface area contributed by atoms with E-state index in [2.05, 4.69) is 10.4 Å². The molecule has 0 atom stereocenters. The minimum absolute atomic E-state index is 0.145. The van der Waals surface area contributed by atoms with Crippen molar-refractivity contribution in [1.29, 1.82) is 0 Å². The van der Waals surface area contributed by atoms with E-state index in [-0.39, 0.29) is 4.90 Å². The fraction of sp³-hybridized carbons (Fsp3) is 0.211. The largest absolute Gasteiger partial charge is 0.387 e. The highest BCUT2D eigenvalue weighted by Crippen LogP contribution is 2.32. The van der Waals surface area contributed by atoms with Crippen LogP contribution in [-0.2, 0) is 16.6 Å². The molecule has 2 aromatic heterocycles. The lowest BCUT2D eigenvalue weighted by molar-refractivity contribution is 0.588. The van der Waals surface area contributed by atoms with Crippen molar-refractivity contribution in [2.75, 3.05) is 6.54 Å². The molecule has 6 nitrogen and oxygen atoms in total. The van der Waals surface area contributed by atoms with Crippen LogP contribution in [0.25, 0.3) is 16.5 Å². The van der Waals surface area contributed by atoms with Gasteiger partial charge in [0.15, 0.2) is 0 Å². The molecule has 1 aliphatic heterocycles. The molecule has 0 fully saturated rings. The molecule has 0 saturated carbocycles. The Kier molecular flexibility index (Phi) is 4.15. The highest BCUT2D eigenvalue weighted by atomic mass is 32.2. The highest BCUT2D eigenvalue weighted by Gasteiger charge is 2.26. The average molecular weight is 386 g/mol. The van der Waals surface area contributed by atoms with Crippen LogP contribution in [0.4, 0.5) is 4.39 Å². The third kappa shape index (κ3) is 2.86. The smallest absolute Gasteiger partial charge is 0.271 e. The van der Waals surface area contributed by atoms with Gasteiger partial charge in [-0.05, 0) is 49.9 Å². The van der Waals surface area contributed by atoms with E-state index in [4.69, 9.17) is 0 Å². The summed E-state index contributed by atoms with van der Waals surface area (Å²) in [7, 11) is -3.87. The molecular formula is C19H19FN4O2S. The number of halogens is 1. The maximum atomic E-state index is 13.9. The predicted octanol–water partition coefficient (Wildman–Crippen LogP) is 3.04. The minimum atomic E-state index is -3.87. The molecule has 4 rings (SSSR count). The van der Waals surface area contributed by atoms with Gasteiger partial charge < -0.3 is 5.32 Å². The van der Waals surface area contributed by atoms with Crippen molar-refractivity contribution in [3.8, 4) is 0 Å². The summed E-state index contributed by atoms with van der Waals surface area (Å²) in [5.74, 6) is -0.410. The van der Waals surface area contributed by atoms with E-state index in [0.717, 1.165) is 5.57 Å². The first-order valence-electron chi connectivity index (χ1n) is 8.62. The molecule has 0 saturated heterocycles. The Bertz CT molecular complexity index is 1200. The van der Waals surface area contributed by atoms with Crippen LogP contribution in [0.5, 0.6) is 0 Å². The number of fused-ring (bicyclic) bond motifs is 1. The summed E-state index contributed by atoms with van der Waals surface area (Å²) < 4.78 is 43.4. The first-order valence-corrected chi connectivity index (χ1v) is 10.1. The molecule has 8 heteroatoms. The van der Waals surface area contributed by atoms with Crippen LogP contribution in [0.1, 0.15) is 18.2 Å². The molecule has 0 amide bonds. The number of dihydropyridines is 1. The Labute approximate surface area is 156 Å². The summed E-state index contributed by atoms with van der Waals surface area (Å²) in [5, 5.41) is 7.85. The van der Waals surface area contributed by atoms with Crippen LogP contribution in [0.2, 0.25) is 0 Å². The number of benzene rings is 1. The Morgan fingerprint density at radius 2 is 2.11 bits per heavy atom. The van der Waals surface area contributed by atoms with Crippen LogP contribution in [-0.4, -0.2) is 28.7 Å². The van der Waals surface area contributed by atoms with E-state index >= 15 is 0 Å². The quantitative estimate of drug-likeness (QED) is 0.748. The van der Waals surface area contributed by atoms with Crippen molar-refractivity contribution in [1.82, 2.24) is 19.1 Å². The van der Waals surface area contributed by atoms with Crippen molar-refractivity contribution in [3.05, 3.63) is 66.0 Å². The van der Waals surface area contributed by atoms with E-state index in [0.29, 0.717) is 35.2 Å². The number of aryl methyl sites for hydroxylation is 2. The molecule has 3 heterocycles. The van der Waals surface area contributed by atoms with Gasteiger partial charge in [-0.2, -0.15) is 5.10 Å². The van der Waals surface area contributed by atoms with E-state index in [9.17, 15) is 12.8 Å². The summed E-state index contributed by atoms with van der Waals surface area (Å²) in [6.45, 7) is 4.76. The maximum absolute atomic E-state index is 13.9. The van der Waals surface area contributed by atoms with E-state index < -0.39 is 15.8 Å². The minimum Gasteiger partial charge on any atom is -0.387 e. The SMILES string of the molecule is CCn1cc(S(=O)(=O)n2cc(C3=CCNC=C3)c3cc(F)ccc32)c(C)n1. The van der Waals surface area contributed by atoms with Crippen LogP contribution < -0.4 is 5.32 Å². The number of nitrogens with zero attached hydrogens (tertiary/aromatic N) is 3. The van der Waals surface area contributed by atoms with Crippen LogP contribution in [0.15, 0.2) is 53.8 Å². The fourth-order valence-electron chi connectivity index (χ4n) is 3.28. The normalized spacial score (nSPS) is 14.4.